The lowest BCUT2D eigenvalue weighted by molar-refractivity contribution is -0.351. The van der Waals surface area contributed by atoms with Crippen LogP contribution in [0, 0.1) is 0 Å². The van der Waals surface area contributed by atoms with E-state index in [1.54, 1.807) is 36.4 Å². The lowest BCUT2D eigenvalue weighted by Gasteiger charge is -2.47. The first kappa shape index (κ1) is 29.8. The molecule has 2 fully saturated rings. The number of ether oxygens (including phenoxy) is 4. The van der Waals surface area contributed by atoms with Crippen molar-refractivity contribution >= 4 is 52.1 Å². The van der Waals surface area contributed by atoms with Crippen molar-refractivity contribution in [1.82, 2.24) is 0 Å². The minimum absolute atomic E-state index is 0.00549. The van der Waals surface area contributed by atoms with E-state index in [1.165, 1.54) is 43.5 Å². The molecule has 0 spiro atoms. The normalized spacial score (nSPS) is 27.2. The first-order valence-electron chi connectivity index (χ1n) is 12.0. The quantitative estimate of drug-likeness (QED) is 0.307. The van der Waals surface area contributed by atoms with Crippen molar-refractivity contribution in [1.29, 1.82) is 0 Å². The minimum atomic E-state index is -4.43. The van der Waals surface area contributed by atoms with Crippen LogP contribution in [0.3, 0.4) is 0 Å². The van der Waals surface area contributed by atoms with Gasteiger partial charge in [0, 0.05) is 21.6 Å². The molecule has 0 N–H and O–H groups in total. The molecule has 0 aliphatic carbocycles. The van der Waals surface area contributed by atoms with Gasteiger partial charge < -0.3 is 18.9 Å². The summed E-state index contributed by atoms with van der Waals surface area (Å²) in [5.41, 5.74) is 0.671. The van der Waals surface area contributed by atoms with E-state index in [0.29, 0.717) is 14.5 Å². The van der Waals surface area contributed by atoms with Gasteiger partial charge in [0.15, 0.2) is 18.7 Å². The van der Waals surface area contributed by atoms with Crippen molar-refractivity contribution in [3.8, 4) is 0 Å². The maximum Gasteiger partial charge on any atom is 0.297 e. The predicted molar refractivity (Wildman–Crippen MR) is 148 cm³/mol. The molecule has 10 nitrogen and oxygen atoms in total. The largest absolute Gasteiger partial charge is 0.353 e. The van der Waals surface area contributed by atoms with Gasteiger partial charge >= 0.3 is 0 Å². The monoisotopic (exact) mass is 718 g/mol. The zero-order valence-electron chi connectivity index (χ0n) is 20.8. The van der Waals surface area contributed by atoms with Crippen LogP contribution in [0.5, 0.6) is 0 Å². The smallest absolute Gasteiger partial charge is 0.297 e. The molecule has 214 valence electrons. The number of fused-ring (bicyclic) bond motifs is 1. The molecule has 14 heteroatoms. The number of hydrogen-bond acceptors (Lipinski definition) is 10. The molecule has 40 heavy (non-hydrogen) atoms. The van der Waals surface area contributed by atoms with E-state index in [9.17, 15) is 16.8 Å². The van der Waals surface area contributed by atoms with E-state index >= 15 is 0 Å². The zero-order valence-corrected chi connectivity index (χ0v) is 25.6. The average molecular weight is 720 g/mol. The Morgan fingerprint density at radius 3 is 1.77 bits per heavy atom. The van der Waals surface area contributed by atoms with Gasteiger partial charge in [-0.15, -0.1) is 0 Å². The number of hydrogen-bond donors (Lipinski definition) is 0. The Balaban J connectivity index is 1.53. The fourth-order valence-electron chi connectivity index (χ4n) is 4.33. The summed E-state index contributed by atoms with van der Waals surface area (Å²) in [6, 6.07) is 20.6. The van der Waals surface area contributed by atoms with Crippen LogP contribution in [0.15, 0.2) is 97.6 Å². The second-order valence-electron chi connectivity index (χ2n) is 8.89. The van der Waals surface area contributed by atoms with Crippen LogP contribution in [-0.2, 0) is 47.5 Å². The van der Waals surface area contributed by atoms with Crippen molar-refractivity contribution in [3.05, 3.63) is 93.4 Å². The van der Waals surface area contributed by atoms with Gasteiger partial charge in [-0.05, 0) is 48.5 Å². The van der Waals surface area contributed by atoms with Crippen LogP contribution in [0.1, 0.15) is 11.9 Å². The summed E-state index contributed by atoms with van der Waals surface area (Å²) in [7, 11) is -7.58. The Morgan fingerprint density at radius 1 is 0.725 bits per heavy atom. The molecule has 0 aromatic heterocycles. The molecule has 3 aromatic carbocycles. The molecular weight excluding hydrogens is 696 g/mol. The third-order valence-electron chi connectivity index (χ3n) is 6.27. The third-order valence-corrected chi connectivity index (χ3v) is 9.98. The van der Waals surface area contributed by atoms with Gasteiger partial charge in [-0.25, -0.2) is 0 Å². The molecule has 0 bridgehead atoms. The van der Waals surface area contributed by atoms with Gasteiger partial charge in [0.1, 0.15) is 18.3 Å². The van der Waals surface area contributed by atoms with E-state index in [0.717, 1.165) is 0 Å². The second kappa shape index (κ2) is 12.3. The standard InChI is InChI=1S/C26H24Br2O10S2/c1-33-26-24(38-40(31,32)20-13-9-18(28)10-14-20)23(37-39(29,30)19-11-7-17(27)8-12-19)22-21(35-26)15-34-25(36-22)16-5-3-2-4-6-16/h2-14,21-26H,15H2,1H3/t21-,22-,23+,24-,25?,26+/m1/s1. The number of methoxy groups -OCH3 is 1. The maximum absolute atomic E-state index is 13.4. The minimum Gasteiger partial charge on any atom is -0.353 e. The fourth-order valence-corrected chi connectivity index (χ4v) is 7.03. The Bertz CT molecular complexity index is 1520. The highest BCUT2D eigenvalue weighted by Crippen LogP contribution is 2.38. The Kier molecular flexibility index (Phi) is 9.12. The van der Waals surface area contributed by atoms with Gasteiger partial charge in [-0.3, -0.25) is 8.37 Å². The lowest BCUT2D eigenvalue weighted by atomic mass is 9.98. The second-order valence-corrected chi connectivity index (χ2v) is 13.9. The van der Waals surface area contributed by atoms with Crippen molar-refractivity contribution in [2.75, 3.05) is 13.7 Å². The van der Waals surface area contributed by atoms with Gasteiger partial charge in [0.2, 0.25) is 0 Å². The van der Waals surface area contributed by atoms with Crippen molar-refractivity contribution < 1.29 is 44.1 Å². The van der Waals surface area contributed by atoms with Gasteiger partial charge in [-0.2, -0.15) is 16.8 Å². The molecule has 1 unspecified atom stereocenters. The maximum atomic E-state index is 13.4. The number of rotatable bonds is 8. The van der Waals surface area contributed by atoms with Crippen molar-refractivity contribution in [2.45, 2.75) is 46.8 Å². The first-order chi connectivity index (χ1) is 19.1. The highest BCUT2D eigenvalue weighted by atomic mass is 79.9. The zero-order chi connectivity index (χ0) is 28.5. The summed E-state index contributed by atoms with van der Waals surface area (Å²) in [5, 5.41) is 0. The van der Waals surface area contributed by atoms with Crippen molar-refractivity contribution in [3.63, 3.8) is 0 Å². The Morgan fingerprint density at radius 2 is 1.25 bits per heavy atom. The van der Waals surface area contributed by atoms with Gasteiger partial charge in [0.25, 0.3) is 20.2 Å². The molecular formula is C26H24Br2O10S2. The van der Waals surface area contributed by atoms with Gasteiger partial charge in [-0.1, -0.05) is 62.2 Å². The molecule has 2 saturated heterocycles. The molecule has 6 atom stereocenters. The highest BCUT2D eigenvalue weighted by Gasteiger charge is 2.54. The predicted octanol–water partition coefficient (Wildman–Crippen LogP) is 4.55. The summed E-state index contributed by atoms with van der Waals surface area (Å²) in [5.74, 6) is 0. The van der Waals surface area contributed by atoms with Crippen LogP contribution in [0.4, 0.5) is 0 Å². The van der Waals surface area contributed by atoms with E-state index in [2.05, 4.69) is 31.9 Å². The summed E-state index contributed by atoms with van der Waals surface area (Å²) >= 11 is 6.55. The molecule has 0 amide bonds. The Labute approximate surface area is 249 Å². The summed E-state index contributed by atoms with van der Waals surface area (Å²) in [4.78, 5) is -0.300. The molecule has 0 radical (unpaired) electrons. The summed E-state index contributed by atoms with van der Waals surface area (Å²) in [6.45, 7) is -0.00549. The van der Waals surface area contributed by atoms with E-state index in [1.807, 2.05) is 6.07 Å². The van der Waals surface area contributed by atoms with Crippen LogP contribution in [-0.4, -0.2) is 61.3 Å². The van der Waals surface area contributed by atoms with E-state index < -0.39 is 57.2 Å². The average Bonchev–Trinajstić information content (AvgIpc) is 2.94. The molecule has 2 aliphatic heterocycles. The van der Waals surface area contributed by atoms with Crippen LogP contribution in [0.2, 0.25) is 0 Å². The van der Waals surface area contributed by atoms with E-state index in [-0.39, 0.29) is 16.4 Å². The Hall–Kier alpha value is -1.72. The number of halogens is 2. The van der Waals surface area contributed by atoms with Gasteiger partial charge in [0.05, 0.1) is 16.4 Å². The third kappa shape index (κ3) is 6.51. The SMILES string of the molecule is CO[C@H]1O[C@@H]2COC(c3ccccc3)O[C@H]2[C@H](OS(=O)(=O)c2ccc(Br)cc2)[C@H]1OS(=O)(=O)c1ccc(Br)cc1. The lowest BCUT2D eigenvalue weighted by Crippen LogP contribution is -2.64. The van der Waals surface area contributed by atoms with Crippen LogP contribution < -0.4 is 0 Å². The molecule has 3 aromatic rings. The van der Waals surface area contributed by atoms with Crippen LogP contribution >= 0.6 is 31.9 Å². The molecule has 5 rings (SSSR count). The topological polar surface area (TPSA) is 124 Å². The molecule has 2 aliphatic rings. The summed E-state index contributed by atoms with van der Waals surface area (Å²) < 4.78 is 89.5. The number of benzene rings is 3. The van der Waals surface area contributed by atoms with E-state index in [4.69, 9.17) is 27.3 Å². The first-order valence-corrected chi connectivity index (χ1v) is 16.4. The summed E-state index contributed by atoms with van der Waals surface area (Å²) in [6.07, 6.45) is -7.27. The highest BCUT2D eigenvalue weighted by molar-refractivity contribution is 9.10. The van der Waals surface area contributed by atoms with Crippen molar-refractivity contribution in [2.24, 2.45) is 0 Å². The fraction of sp³-hybridized carbons (Fsp3) is 0.308. The molecule has 0 saturated carbocycles. The van der Waals surface area contributed by atoms with Crippen LogP contribution in [0.25, 0.3) is 0 Å². The molecule has 2 heterocycles.